The second kappa shape index (κ2) is 3.41. The van der Waals surface area contributed by atoms with E-state index in [1.165, 1.54) is 0 Å². The van der Waals surface area contributed by atoms with Gasteiger partial charge in [-0.25, -0.2) is 9.18 Å². The van der Waals surface area contributed by atoms with Crippen molar-refractivity contribution in [3.05, 3.63) is 11.6 Å². The van der Waals surface area contributed by atoms with Gasteiger partial charge in [-0.2, -0.15) is 0 Å². The molecular weight excluding hydrogens is 183 g/mol. The van der Waals surface area contributed by atoms with Crippen LogP contribution in [-0.4, -0.2) is 50.9 Å². The topological polar surface area (TPSA) is 98.0 Å². The maximum Gasteiger partial charge on any atom is 0.334 e. The molecule has 4 N–H and O–H groups in total. The number of aliphatic hydroxyl groups is 3. The average Bonchev–Trinajstić information content (AvgIpc) is 2.07. The number of alkyl halides is 1. The van der Waals surface area contributed by atoms with Crippen LogP contribution in [-0.2, 0) is 4.79 Å². The second-order valence-electron chi connectivity index (χ2n) is 2.80. The molecule has 4 unspecified atom stereocenters. The molecule has 1 aliphatic rings. The van der Waals surface area contributed by atoms with E-state index in [4.69, 9.17) is 20.4 Å². The second-order valence-corrected chi connectivity index (χ2v) is 2.80. The first-order valence-electron chi connectivity index (χ1n) is 3.58. The van der Waals surface area contributed by atoms with Crippen LogP contribution >= 0.6 is 0 Å². The monoisotopic (exact) mass is 192 g/mol. The summed E-state index contributed by atoms with van der Waals surface area (Å²) in [5, 5.41) is 35.3. The Morgan fingerprint density at radius 2 is 1.85 bits per heavy atom. The van der Waals surface area contributed by atoms with Gasteiger partial charge in [-0.05, 0) is 6.08 Å². The summed E-state index contributed by atoms with van der Waals surface area (Å²) in [6.07, 6.45) is -6.61. The number of carbonyl (C=O) groups is 1. The third kappa shape index (κ3) is 1.69. The third-order valence-electron chi connectivity index (χ3n) is 1.89. The summed E-state index contributed by atoms with van der Waals surface area (Å²) in [6.45, 7) is 0. The fourth-order valence-corrected chi connectivity index (χ4v) is 1.12. The zero-order chi connectivity index (χ0) is 10.2. The number of halogens is 1. The third-order valence-corrected chi connectivity index (χ3v) is 1.89. The van der Waals surface area contributed by atoms with Gasteiger partial charge in [0.15, 0.2) is 6.17 Å². The van der Waals surface area contributed by atoms with Crippen molar-refractivity contribution in [2.45, 2.75) is 24.5 Å². The van der Waals surface area contributed by atoms with Gasteiger partial charge in [0.05, 0.1) is 5.57 Å². The van der Waals surface area contributed by atoms with Crippen molar-refractivity contribution >= 4 is 5.97 Å². The van der Waals surface area contributed by atoms with E-state index in [9.17, 15) is 9.18 Å². The number of carboxylic acids is 1. The normalized spacial score (nSPS) is 39.8. The van der Waals surface area contributed by atoms with Crippen LogP contribution in [0.3, 0.4) is 0 Å². The van der Waals surface area contributed by atoms with Crippen molar-refractivity contribution in [2.75, 3.05) is 0 Å². The molecule has 0 amide bonds. The molecular formula is C7H9FO5. The van der Waals surface area contributed by atoms with Crippen molar-refractivity contribution in [2.24, 2.45) is 0 Å². The van der Waals surface area contributed by atoms with Gasteiger partial charge in [0.25, 0.3) is 0 Å². The molecule has 6 heteroatoms. The summed E-state index contributed by atoms with van der Waals surface area (Å²) in [5.41, 5.74) is -0.731. The maximum atomic E-state index is 12.9. The lowest BCUT2D eigenvalue weighted by atomic mass is 9.90. The summed E-state index contributed by atoms with van der Waals surface area (Å²) in [5.74, 6) is -1.56. The standard InChI is InChI=1S/C7H9FO5/c8-4-2(7(12)13)1-3(9)5(10)6(4)11/h1,3-6,9-11H,(H,12,13). The van der Waals surface area contributed by atoms with Crippen LogP contribution in [0.4, 0.5) is 4.39 Å². The lowest BCUT2D eigenvalue weighted by Gasteiger charge is -2.28. The number of hydrogen-bond acceptors (Lipinski definition) is 4. The molecule has 0 radical (unpaired) electrons. The van der Waals surface area contributed by atoms with Crippen molar-refractivity contribution in [1.82, 2.24) is 0 Å². The van der Waals surface area contributed by atoms with E-state index < -0.39 is 36.0 Å². The molecule has 0 saturated carbocycles. The molecule has 4 atom stereocenters. The molecule has 0 bridgehead atoms. The Kier molecular flexibility index (Phi) is 2.65. The summed E-state index contributed by atoms with van der Waals surface area (Å²) in [6, 6.07) is 0. The average molecular weight is 192 g/mol. The minimum absolute atomic E-state index is 0.685. The molecule has 1 rings (SSSR count). The van der Waals surface area contributed by atoms with Crippen molar-refractivity contribution < 1.29 is 29.6 Å². The molecule has 0 aromatic rings. The first-order chi connectivity index (χ1) is 5.95. The predicted molar refractivity (Wildman–Crippen MR) is 38.6 cm³/mol. The molecule has 0 fully saturated rings. The van der Waals surface area contributed by atoms with Crippen LogP contribution in [0.1, 0.15) is 0 Å². The Morgan fingerprint density at radius 1 is 1.31 bits per heavy atom. The minimum atomic E-state index is -2.17. The van der Waals surface area contributed by atoms with Gasteiger partial charge in [0, 0.05) is 0 Å². The van der Waals surface area contributed by atoms with Crippen LogP contribution in [0.5, 0.6) is 0 Å². The van der Waals surface area contributed by atoms with Crippen LogP contribution < -0.4 is 0 Å². The van der Waals surface area contributed by atoms with Crippen LogP contribution in [0.15, 0.2) is 11.6 Å². The number of hydrogen-bond donors (Lipinski definition) is 4. The molecule has 1 aliphatic carbocycles. The Labute approximate surface area is 72.7 Å². The smallest absolute Gasteiger partial charge is 0.334 e. The van der Waals surface area contributed by atoms with E-state index in [2.05, 4.69) is 0 Å². The first-order valence-corrected chi connectivity index (χ1v) is 3.58. The highest BCUT2D eigenvalue weighted by atomic mass is 19.1. The minimum Gasteiger partial charge on any atom is -0.478 e. The van der Waals surface area contributed by atoms with Crippen molar-refractivity contribution in [3.63, 3.8) is 0 Å². The van der Waals surface area contributed by atoms with E-state index in [0.29, 0.717) is 6.08 Å². The van der Waals surface area contributed by atoms with E-state index >= 15 is 0 Å². The van der Waals surface area contributed by atoms with Gasteiger partial charge < -0.3 is 20.4 Å². The summed E-state index contributed by atoms with van der Waals surface area (Å²) >= 11 is 0. The summed E-state index contributed by atoms with van der Waals surface area (Å²) in [7, 11) is 0. The van der Waals surface area contributed by atoms with Gasteiger partial charge in [-0.3, -0.25) is 0 Å². The van der Waals surface area contributed by atoms with E-state index in [-0.39, 0.29) is 0 Å². The number of aliphatic hydroxyl groups excluding tert-OH is 3. The Bertz CT molecular complexity index is 251. The summed E-state index contributed by atoms with van der Waals surface area (Å²) < 4.78 is 12.9. The van der Waals surface area contributed by atoms with Gasteiger partial charge in [0.2, 0.25) is 0 Å². The van der Waals surface area contributed by atoms with Gasteiger partial charge in [-0.15, -0.1) is 0 Å². The highest BCUT2D eigenvalue weighted by molar-refractivity contribution is 5.88. The van der Waals surface area contributed by atoms with Gasteiger partial charge >= 0.3 is 5.97 Å². The quantitative estimate of drug-likeness (QED) is 0.402. The fraction of sp³-hybridized carbons (Fsp3) is 0.571. The molecule has 0 aromatic heterocycles. The van der Waals surface area contributed by atoms with E-state index in [0.717, 1.165) is 0 Å². The number of carboxylic acid groups (broad SMARTS) is 1. The SMILES string of the molecule is O=C(O)C1=CC(O)C(O)C(O)C1F. The van der Waals surface area contributed by atoms with Gasteiger partial charge in [-0.1, -0.05) is 0 Å². The zero-order valence-corrected chi connectivity index (χ0v) is 6.46. The van der Waals surface area contributed by atoms with Crippen molar-refractivity contribution in [3.8, 4) is 0 Å². The number of rotatable bonds is 1. The molecule has 74 valence electrons. The highest BCUT2D eigenvalue weighted by Crippen LogP contribution is 2.22. The summed E-state index contributed by atoms with van der Waals surface area (Å²) in [4.78, 5) is 10.4. The van der Waals surface area contributed by atoms with Crippen LogP contribution in [0.2, 0.25) is 0 Å². The van der Waals surface area contributed by atoms with E-state index in [1.807, 2.05) is 0 Å². The highest BCUT2D eigenvalue weighted by Gasteiger charge is 2.40. The number of aliphatic carboxylic acids is 1. The zero-order valence-electron chi connectivity index (χ0n) is 6.46. The Balaban J connectivity index is 2.97. The molecule has 0 aliphatic heterocycles. The van der Waals surface area contributed by atoms with Crippen LogP contribution in [0.25, 0.3) is 0 Å². The molecule has 5 nitrogen and oxygen atoms in total. The lowest BCUT2D eigenvalue weighted by Crippen LogP contribution is -2.47. The Hall–Kier alpha value is -0.980. The molecule has 0 aromatic carbocycles. The van der Waals surface area contributed by atoms with Crippen LogP contribution in [0, 0.1) is 0 Å². The predicted octanol–water partition coefficient (Wildman–Crippen LogP) is -1.57. The maximum absolute atomic E-state index is 12.9. The molecule has 0 spiro atoms. The first kappa shape index (κ1) is 10.1. The largest absolute Gasteiger partial charge is 0.478 e. The molecule has 13 heavy (non-hydrogen) atoms. The van der Waals surface area contributed by atoms with Crippen molar-refractivity contribution in [1.29, 1.82) is 0 Å². The molecule has 0 heterocycles. The molecule has 0 saturated heterocycles. The van der Waals surface area contributed by atoms with Gasteiger partial charge in [0.1, 0.15) is 18.3 Å². The Morgan fingerprint density at radius 3 is 2.31 bits per heavy atom. The van der Waals surface area contributed by atoms with E-state index in [1.54, 1.807) is 0 Å². The lowest BCUT2D eigenvalue weighted by molar-refractivity contribution is -0.136. The fourth-order valence-electron chi connectivity index (χ4n) is 1.12.